The Balaban J connectivity index is 1.42. The van der Waals surface area contributed by atoms with Crippen LogP contribution < -0.4 is 4.74 Å². The first-order chi connectivity index (χ1) is 12.6. The molecule has 1 aromatic heterocycles. The molecule has 0 amide bonds. The molecule has 0 aliphatic heterocycles. The fourth-order valence-corrected chi connectivity index (χ4v) is 2.19. The average molecular weight is 356 g/mol. The summed E-state index contributed by atoms with van der Waals surface area (Å²) < 4.78 is 28.5. The highest BCUT2D eigenvalue weighted by atomic mass is 19.1. The maximum atomic E-state index is 12.8. The Hall–Kier alpha value is -3.22. The third kappa shape index (κ3) is 4.66. The summed E-state index contributed by atoms with van der Waals surface area (Å²) in [4.78, 5) is 16.1. The van der Waals surface area contributed by atoms with Crippen molar-refractivity contribution in [3.05, 3.63) is 65.7 Å². The fraction of sp³-hybridized carbons (Fsp3) is 0.211. The van der Waals surface area contributed by atoms with Crippen LogP contribution in [0.15, 0.2) is 53.1 Å². The van der Waals surface area contributed by atoms with E-state index in [1.54, 1.807) is 43.3 Å². The van der Waals surface area contributed by atoms with Gasteiger partial charge in [0.25, 0.3) is 5.89 Å². The third-order valence-electron chi connectivity index (χ3n) is 3.50. The lowest BCUT2D eigenvalue weighted by atomic mass is 10.1. The Morgan fingerprint density at radius 1 is 1.08 bits per heavy atom. The van der Waals surface area contributed by atoms with Crippen molar-refractivity contribution in [2.45, 2.75) is 13.3 Å². The summed E-state index contributed by atoms with van der Waals surface area (Å²) >= 11 is 0. The number of benzene rings is 2. The number of hydrogen-bond donors (Lipinski definition) is 0. The molecule has 2 aromatic carbocycles. The Bertz CT molecular complexity index is 860. The lowest BCUT2D eigenvalue weighted by molar-refractivity contribution is 0.0486. The highest BCUT2D eigenvalue weighted by Gasteiger charge is 2.10. The van der Waals surface area contributed by atoms with Crippen molar-refractivity contribution in [2.24, 2.45) is 0 Å². The van der Waals surface area contributed by atoms with Gasteiger partial charge in [-0.15, -0.1) is 0 Å². The van der Waals surface area contributed by atoms with E-state index in [9.17, 15) is 9.18 Å². The molecule has 0 aliphatic carbocycles. The van der Waals surface area contributed by atoms with Crippen LogP contribution in [-0.2, 0) is 4.74 Å². The fourth-order valence-electron chi connectivity index (χ4n) is 2.19. The highest BCUT2D eigenvalue weighted by Crippen LogP contribution is 2.18. The molecule has 0 radical (unpaired) electrons. The summed E-state index contributed by atoms with van der Waals surface area (Å²) in [6.07, 6.45) is 0.530. The van der Waals surface area contributed by atoms with Crippen LogP contribution in [0.2, 0.25) is 0 Å². The molecule has 3 rings (SSSR count). The predicted octanol–water partition coefficient (Wildman–Crippen LogP) is 3.81. The standard InChI is InChI=1S/C19H17FN2O4/c1-13-21-18(26-22-13)14-3-5-15(6-4-14)19(23)25-12-2-11-24-17-9-7-16(20)8-10-17/h3-10H,2,11-12H2,1H3. The molecule has 26 heavy (non-hydrogen) atoms. The van der Waals surface area contributed by atoms with Crippen molar-refractivity contribution in [3.8, 4) is 17.2 Å². The van der Waals surface area contributed by atoms with Crippen molar-refractivity contribution >= 4 is 5.97 Å². The van der Waals surface area contributed by atoms with E-state index in [2.05, 4.69) is 10.1 Å². The monoisotopic (exact) mass is 356 g/mol. The van der Waals surface area contributed by atoms with Gasteiger partial charge < -0.3 is 14.0 Å². The first-order valence-corrected chi connectivity index (χ1v) is 8.08. The number of aromatic nitrogens is 2. The van der Waals surface area contributed by atoms with Gasteiger partial charge >= 0.3 is 5.97 Å². The van der Waals surface area contributed by atoms with Gasteiger partial charge in [-0.1, -0.05) is 5.16 Å². The van der Waals surface area contributed by atoms with Gasteiger partial charge in [-0.3, -0.25) is 0 Å². The zero-order valence-electron chi connectivity index (χ0n) is 14.1. The molecule has 7 heteroatoms. The van der Waals surface area contributed by atoms with Crippen LogP contribution in [0, 0.1) is 12.7 Å². The van der Waals surface area contributed by atoms with Crippen LogP contribution in [0.3, 0.4) is 0 Å². The Morgan fingerprint density at radius 3 is 2.46 bits per heavy atom. The van der Waals surface area contributed by atoms with Crippen LogP contribution in [0.25, 0.3) is 11.5 Å². The summed E-state index contributed by atoms with van der Waals surface area (Å²) in [5, 5.41) is 3.73. The Kier molecular flexibility index (Phi) is 5.58. The van der Waals surface area contributed by atoms with Gasteiger partial charge in [-0.05, 0) is 55.5 Å². The SMILES string of the molecule is Cc1noc(-c2ccc(C(=O)OCCCOc3ccc(F)cc3)cc2)n1. The van der Waals surface area contributed by atoms with Gasteiger partial charge in [0.05, 0.1) is 18.8 Å². The van der Waals surface area contributed by atoms with Crippen LogP contribution in [0.4, 0.5) is 4.39 Å². The lowest BCUT2D eigenvalue weighted by Crippen LogP contribution is -2.09. The van der Waals surface area contributed by atoms with E-state index >= 15 is 0 Å². The minimum atomic E-state index is -0.417. The Labute approximate surface area is 149 Å². The zero-order valence-corrected chi connectivity index (χ0v) is 14.1. The normalized spacial score (nSPS) is 10.5. The van der Waals surface area contributed by atoms with Gasteiger partial charge in [0, 0.05) is 12.0 Å². The van der Waals surface area contributed by atoms with Gasteiger partial charge in [0.15, 0.2) is 5.82 Å². The summed E-state index contributed by atoms with van der Waals surface area (Å²) in [7, 11) is 0. The molecule has 0 saturated carbocycles. The van der Waals surface area contributed by atoms with Crippen molar-refractivity contribution in [1.82, 2.24) is 10.1 Å². The summed E-state index contributed by atoms with van der Waals surface area (Å²) in [6.45, 7) is 2.33. The number of rotatable bonds is 7. The molecule has 0 atom stereocenters. The smallest absolute Gasteiger partial charge is 0.338 e. The second-order valence-corrected chi connectivity index (χ2v) is 5.52. The molecule has 0 N–H and O–H groups in total. The minimum absolute atomic E-state index is 0.227. The van der Waals surface area contributed by atoms with E-state index in [0.717, 1.165) is 5.56 Å². The number of carbonyl (C=O) groups excluding carboxylic acids is 1. The molecular formula is C19H17FN2O4. The van der Waals surface area contributed by atoms with Gasteiger partial charge in [0.1, 0.15) is 11.6 Å². The zero-order chi connectivity index (χ0) is 18.4. The van der Waals surface area contributed by atoms with Crippen molar-refractivity contribution in [3.63, 3.8) is 0 Å². The molecule has 6 nitrogen and oxygen atoms in total. The maximum absolute atomic E-state index is 12.8. The molecular weight excluding hydrogens is 339 g/mol. The van der Waals surface area contributed by atoms with E-state index in [1.165, 1.54) is 12.1 Å². The summed E-state index contributed by atoms with van der Waals surface area (Å²) in [6, 6.07) is 12.5. The molecule has 0 spiro atoms. The molecule has 134 valence electrons. The number of aryl methyl sites for hydroxylation is 1. The van der Waals surface area contributed by atoms with Crippen molar-refractivity contribution in [1.29, 1.82) is 0 Å². The number of halogens is 1. The summed E-state index contributed by atoms with van der Waals surface area (Å²) in [5.41, 5.74) is 1.17. The van der Waals surface area contributed by atoms with E-state index < -0.39 is 5.97 Å². The average Bonchev–Trinajstić information content (AvgIpc) is 3.09. The van der Waals surface area contributed by atoms with Gasteiger partial charge in [-0.25, -0.2) is 9.18 Å². The quantitative estimate of drug-likeness (QED) is 0.473. The molecule has 0 bridgehead atoms. The van der Waals surface area contributed by atoms with Crippen LogP contribution in [-0.4, -0.2) is 29.3 Å². The molecule has 0 fully saturated rings. The molecule has 0 aliphatic rings. The largest absolute Gasteiger partial charge is 0.493 e. The lowest BCUT2D eigenvalue weighted by Gasteiger charge is -2.07. The topological polar surface area (TPSA) is 74.5 Å². The van der Waals surface area contributed by atoms with Crippen LogP contribution in [0.1, 0.15) is 22.6 Å². The molecule has 0 unspecified atom stereocenters. The van der Waals surface area contributed by atoms with E-state index in [0.29, 0.717) is 36.1 Å². The van der Waals surface area contributed by atoms with Crippen molar-refractivity contribution in [2.75, 3.05) is 13.2 Å². The van der Waals surface area contributed by atoms with Crippen LogP contribution in [0.5, 0.6) is 5.75 Å². The van der Waals surface area contributed by atoms with E-state index in [1.807, 2.05) is 0 Å². The highest BCUT2D eigenvalue weighted by molar-refractivity contribution is 5.89. The molecule has 0 saturated heterocycles. The Morgan fingerprint density at radius 2 is 1.81 bits per heavy atom. The third-order valence-corrected chi connectivity index (χ3v) is 3.50. The number of carbonyl (C=O) groups is 1. The maximum Gasteiger partial charge on any atom is 0.338 e. The van der Waals surface area contributed by atoms with Crippen LogP contribution >= 0.6 is 0 Å². The number of esters is 1. The second-order valence-electron chi connectivity index (χ2n) is 5.52. The van der Waals surface area contributed by atoms with Gasteiger partial charge in [0.2, 0.25) is 0 Å². The summed E-state index contributed by atoms with van der Waals surface area (Å²) in [5.74, 6) is 0.794. The van der Waals surface area contributed by atoms with E-state index in [4.69, 9.17) is 14.0 Å². The van der Waals surface area contributed by atoms with Gasteiger partial charge in [-0.2, -0.15) is 4.98 Å². The minimum Gasteiger partial charge on any atom is -0.493 e. The first kappa shape index (κ1) is 17.6. The van der Waals surface area contributed by atoms with E-state index in [-0.39, 0.29) is 12.4 Å². The second kappa shape index (κ2) is 8.24. The molecule has 1 heterocycles. The number of hydrogen-bond acceptors (Lipinski definition) is 6. The predicted molar refractivity (Wildman–Crippen MR) is 91.3 cm³/mol. The first-order valence-electron chi connectivity index (χ1n) is 8.08. The van der Waals surface area contributed by atoms with Crippen molar-refractivity contribution < 1.29 is 23.2 Å². The molecule has 3 aromatic rings. The number of ether oxygens (including phenoxy) is 2. The number of nitrogens with zero attached hydrogens (tertiary/aromatic N) is 2.